The second kappa shape index (κ2) is 8.10. The zero-order chi connectivity index (χ0) is 23.2. The molecule has 0 amide bonds. The van der Waals surface area contributed by atoms with Crippen LogP contribution < -0.4 is 0 Å². The summed E-state index contributed by atoms with van der Waals surface area (Å²) in [5.41, 5.74) is 6.39. The summed E-state index contributed by atoms with van der Waals surface area (Å²) in [6, 6.07) is 5.29. The highest BCUT2D eigenvalue weighted by molar-refractivity contribution is 5.93. The molecule has 3 aliphatic heterocycles. The van der Waals surface area contributed by atoms with E-state index in [1.165, 1.54) is 5.56 Å². The number of nitrogens with zero attached hydrogens (tertiary/aromatic N) is 2. The summed E-state index contributed by atoms with van der Waals surface area (Å²) in [7, 11) is 1.55. The van der Waals surface area contributed by atoms with Crippen LogP contribution in [0.4, 0.5) is 0 Å². The number of hydrogen-bond donors (Lipinski definition) is 1. The van der Waals surface area contributed by atoms with Crippen molar-refractivity contribution in [2.75, 3.05) is 13.7 Å². The number of aromatic hydroxyl groups is 1. The van der Waals surface area contributed by atoms with Gasteiger partial charge in [-0.1, -0.05) is 34.3 Å². The first kappa shape index (κ1) is 22.1. The van der Waals surface area contributed by atoms with E-state index < -0.39 is 5.60 Å². The van der Waals surface area contributed by atoms with E-state index in [1.54, 1.807) is 19.2 Å². The first-order chi connectivity index (χ1) is 15.4. The van der Waals surface area contributed by atoms with Gasteiger partial charge in [0.05, 0.1) is 23.5 Å². The predicted octanol–water partition coefficient (Wildman–Crippen LogP) is 4.86. The van der Waals surface area contributed by atoms with E-state index in [4.69, 9.17) is 14.5 Å². The molecule has 3 aliphatic rings. The molecule has 1 atom stereocenters. The second-order valence-electron chi connectivity index (χ2n) is 7.89. The summed E-state index contributed by atoms with van der Waals surface area (Å²) in [6.07, 6.45) is 3.32. The van der Waals surface area contributed by atoms with Crippen LogP contribution >= 0.6 is 0 Å². The first-order valence-corrected chi connectivity index (χ1v) is 11.2. The van der Waals surface area contributed by atoms with E-state index in [9.17, 15) is 9.90 Å². The number of methoxy groups -OCH3 is 1. The lowest BCUT2D eigenvalue weighted by Gasteiger charge is -2.40. The molecule has 4 heterocycles. The van der Waals surface area contributed by atoms with E-state index in [0.29, 0.717) is 13.0 Å². The number of carbonyl (C=O) groups is 1. The SMILES string of the molecule is C=C1C2=C(C=C3c4nc5ccc(O)cc5c(CC)c4CN13)C(CC)(OC)C(=O)OC2.CC. The van der Waals surface area contributed by atoms with Crippen molar-refractivity contribution in [3.05, 3.63) is 64.5 Å². The fourth-order valence-electron chi connectivity index (χ4n) is 5.00. The van der Waals surface area contributed by atoms with Gasteiger partial charge >= 0.3 is 5.97 Å². The predicted molar refractivity (Wildman–Crippen MR) is 125 cm³/mol. The van der Waals surface area contributed by atoms with Crippen molar-refractivity contribution < 1.29 is 19.4 Å². The van der Waals surface area contributed by atoms with Crippen molar-refractivity contribution in [3.8, 4) is 5.75 Å². The minimum atomic E-state index is -1.13. The van der Waals surface area contributed by atoms with Gasteiger partial charge in [0, 0.05) is 34.9 Å². The van der Waals surface area contributed by atoms with Crippen LogP contribution in [0.2, 0.25) is 0 Å². The normalized spacial score (nSPS) is 21.4. The number of carbonyl (C=O) groups excluding carboxylic acids is 1. The van der Waals surface area contributed by atoms with Gasteiger partial charge in [-0.2, -0.15) is 0 Å². The number of fused-ring (bicyclic) bond motifs is 4. The molecule has 5 rings (SSSR count). The summed E-state index contributed by atoms with van der Waals surface area (Å²) in [5.74, 6) is -0.127. The van der Waals surface area contributed by atoms with Gasteiger partial charge < -0.3 is 19.5 Å². The van der Waals surface area contributed by atoms with Crippen LogP contribution in [0.25, 0.3) is 16.6 Å². The van der Waals surface area contributed by atoms with Crippen molar-refractivity contribution in [3.63, 3.8) is 0 Å². The Balaban J connectivity index is 0.00000119. The van der Waals surface area contributed by atoms with Crippen LogP contribution in [-0.2, 0) is 27.2 Å². The molecule has 1 N–H and O–H groups in total. The number of esters is 1. The minimum Gasteiger partial charge on any atom is -0.508 e. The molecular weight excluding hydrogens is 404 g/mol. The van der Waals surface area contributed by atoms with E-state index >= 15 is 0 Å². The average molecular weight is 435 g/mol. The molecule has 6 nitrogen and oxygen atoms in total. The molecule has 32 heavy (non-hydrogen) atoms. The number of rotatable bonds is 3. The molecule has 1 unspecified atom stereocenters. The molecule has 0 saturated heterocycles. The molecule has 0 radical (unpaired) electrons. The van der Waals surface area contributed by atoms with Gasteiger partial charge in [0.2, 0.25) is 0 Å². The summed E-state index contributed by atoms with van der Waals surface area (Å²) in [5, 5.41) is 11.0. The number of cyclic esters (lactones) is 1. The Labute approximate surface area is 188 Å². The number of benzene rings is 1. The van der Waals surface area contributed by atoms with Crippen LogP contribution in [0.15, 0.2) is 47.7 Å². The van der Waals surface area contributed by atoms with E-state index in [2.05, 4.69) is 18.4 Å². The van der Waals surface area contributed by atoms with E-state index in [-0.39, 0.29) is 18.3 Å². The lowest BCUT2D eigenvalue weighted by Crippen LogP contribution is -2.48. The van der Waals surface area contributed by atoms with Gasteiger partial charge in [-0.3, -0.25) is 0 Å². The molecule has 1 aromatic carbocycles. The third-order valence-corrected chi connectivity index (χ3v) is 6.63. The fourth-order valence-corrected chi connectivity index (χ4v) is 5.00. The van der Waals surface area contributed by atoms with Gasteiger partial charge in [-0.05, 0) is 42.7 Å². The molecule has 0 aliphatic carbocycles. The highest BCUT2D eigenvalue weighted by Gasteiger charge is 2.49. The maximum atomic E-state index is 12.7. The summed E-state index contributed by atoms with van der Waals surface area (Å²) in [4.78, 5) is 19.8. The Hall–Kier alpha value is -3.12. The number of phenolic OH excluding ortho intramolecular Hbond substituents is 1. The standard InChI is InChI=1S/C24H24N2O4.C2H6/c1-5-15-16-9-14(27)7-8-20(16)25-22-17(15)11-26-13(3)18-12-30-23(28)24(6-2,29-4)19(18)10-21(22)26;1-2/h7-10,27H,3,5-6,11-12H2,1-2,4H3;1-2H3. The topological polar surface area (TPSA) is 71.9 Å². The maximum Gasteiger partial charge on any atom is 0.343 e. The molecule has 0 spiro atoms. The summed E-state index contributed by atoms with van der Waals surface area (Å²) < 4.78 is 11.2. The molecule has 168 valence electrons. The lowest BCUT2D eigenvalue weighted by molar-refractivity contribution is -0.166. The highest BCUT2D eigenvalue weighted by atomic mass is 16.6. The van der Waals surface area contributed by atoms with Crippen LogP contribution in [0, 0.1) is 0 Å². The Bertz CT molecular complexity index is 1190. The first-order valence-electron chi connectivity index (χ1n) is 11.2. The van der Waals surface area contributed by atoms with E-state index in [0.717, 1.165) is 51.1 Å². The van der Waals surface area contributed by atoms with Crippen LogP contribution in [0.5, 0.6) is 5.75 Å². The Kier molecular flexibility index (Phi) is 5.59. The van der Waals surface area contributed by atoms with Crippen LogP contribution in [-0.4, -0.2) is 40.3 Å². The van der Waals surface area contributed by atoms with Crippen molar-refractivity contribution >= 4 is 22.6 Å². The minimum absolute atomic E-state index is 0.193. The largest absolute Gasteiger partial charge is 0.508 e. The third-order valence-electron chi connectivity index (χ3n) is 6.63. The maximum absolute atomic E-state index is 12.7. The number of pyridine rings is 1. The van der Waals surface area contributed by atoms with Crippen LogP contribution in [0.3, 0.4) is 0 Å². The Morgan fingerprint density at radius 1 is 1.31 bits per heavy atom. The summed E-state index contributed by atoms with van der Waals surface area (Å²) >= 11 is 0. The molecular formula is C26H30N2O4. The van der Waals surface area contributed by atoms with Gasteiger partial charge in [-0.15, -0.1) is 0 Å². The zero-order valence-corrected chi connectivity index (χ0v) is 19.4. The zero-order valence-electron chi connectivity index (χ0n) is 19.4. The number of phenols is 1. The number of hydrogen-bond acceptors (Lipinski definition) is 6. The van der Waals surface area contributed by atoms with Crippen molar-refractivity contribution in [2.24, 2.45) is 0 Å². The molecule has 1 aromatic heterocycles. The average Bonchev–Trinajstić information content (AvgIpc) is 3.18. The number of aryl methyl sites for hydroxylation is 1. The van der Waals surface area contributed by atoms with Crippen LogP contribution in [0.1, 0.15) is 50.9 Å². The van der Waals surface area contributed by atoms with Crippen molar-refractivity contribution in [1.29, 1.82) is 0 Å². The molecule has 0 bridgehead atoms. The van der Waals surface area contributed by atoms with Gasteiger partial charge in [-0.25, -0.2) is 9.78 Å². The number of ether oxygens (including phenoxy) is 2. The highest BCUT2D eigenvalue weighted by Crippen LogP contribution is 2.48. The molecule has 0 fully saturated rings. The molecule has 2 aromatic rings. The third kappa shape index (κ3) is 2.89. The molecule has 6 heteroatoms. The fraction of sp³-hybridized carbons (Fsp3) is 0.385. The lowest BCUT2D eigenvalue weighted by atomic mass is 9.82. The smallest absolute Gasteiger partial charge is 0.343 e. The van der Waals surface area contributed by atoms with Gasteiger partial charge in [0.1, 0.15) is 12.4 Å². The second-order valence-corrected chi connectivity index (χ2v) is 7.89. The van der Waals surface area contributed by atoms with E-state index in [1.807, 2.05) is 32.9 Å². The van der Waals surface area contributed by atoms with Crippen molar-refractivity contribution in [2.45, 2.75) is 52.7 Å². The number of aromatic nitrogens is 1. The summed E-state index contributed by atoms with van der Waals surface area (Å²) in [6.45, 7) is 13.2. The Morgan fingerprint density at radius 2 is 2.06 bits per heavy atom. The Morgan fingerprint density at radius 3 is 2.72 bits per heavy atom. The monoisotopic (exact) mass is 434 g/mol. The van der Waals surface area contributed by atoms with Gasteiger partial charge in [0.25, 0.3) is 0 Å². The quantitative estimate of drug-likeness (QED) is 0.696. The molecule has 0 saturated carbocycles. The van der Waals surface area contributed by atoms with Gasteiger partial charge in [0.15, 0.2) is 5.60 Å². The van der Waals surface area contributed by atoms with Crippen molar-refractivity contribution in [1.82, 2.24) is 9.88 Å².